The average molecular weight is 434 g/mol. The van der Waals surface area contributed by atoms with Crippen molar-refractivity contribution >= 4 is 22.6 Å². The lowest BCUT2D eigenvalue weighted by Gasteiger charge is -2.11. The van der Waals surface area contributed by atoms with E-state index in [0.29, 0.717) is 0 Å². The Morgan fingerprint density at radius 1 is 1.03 bits per heavy atom. The van der Waals surface area contributed by atoms with Crippen molar-refractivity contribution < 1.29 is 23.7 Å². The van der Waals surface area contributed by atoms with Crippen molar-refractivity contribution in [1.29, 1.82) is 0 Å². The van der Waals surface area contributed by atoms with E-state index in [1.54, 1.807) is 5.48 Å². The van der Waals surface area contributed by atoms with Gasteiger partial charge in [-0.1, -0.05) is 47.6 Å². The molecule has 4 aromatic rings. The summed E-state index contributed by atoms with van der Waals surface area (Å²) in [6.45, 7) is -0.0524. The second kappa shape index (κ2) is 9.36. The molecule has 0 aliphatic rings. The summed E-state index contributed by atoms with van der Waals surface area (Å²) in [6.07, 6.45) is 0.223. The SMILES string of the molecule is O=C(NCc1noc(C(Cc2ccc3ccccc3c2)C(=O)NO)n1)c1ccc(F)cc1. The Balaban J connectivity index is 1.47. The molecule has 0 bridgehead atoms. The lowest BCUT2D eigenvalue weighted by Crippen LogP contribution is -2.28. The van der Waals surface area contributed by atoms with E-state index < -0.39 is 23.5 Å². The summed E-state index contributed by atoms with van der Waals surface area (Å²) in [7, 11) is 0. The number of hydrogen-bond acceptors (Lipinski definition) is 6. The molecule has 2 amide bonds. The number of fused-ring (bicyclic) bond motifs is 1. The summed E-state index contributed by atoms with van der Waals surface area (Å²) in [5.41, 5.74) is 2.77. The first-order valence-corrected chi connectivity index (χ1v) is 9.81. The predicted molar refractivity (Wildman–Crippen MR) is 112 cm³/mol. The van der Waals surface area contributed by atoms with Gasteiger partial charge in [-0.3, -0.25) is 14.8 Å². The van der Waals surface area contributed by atoms with E-state index in [1.165, 1.54) is 24.3 Å². The van der Waals surface area contributed by atoms with E-state index in [1.807, 2.05) is 42.5 Å². The molecule has 162 valence electrons. The molecule has 3 aromatic carbocycles. The Kier molecular flexibility index (Phi) is 6.18. The van der Waals surface area contributed by atoms with Crippen molar-refractivity contribution in [2.45, 2.75) is 18.9 Å². The van der Waals surface area contributed by atoms with Crippen LogP contribution >= 0.6 is 0 Å². The van der Waals surface area contributed by atoms with Crippen LogP contribution in [0.1, 0.15) is 33.6 Å². The maximum absolute atomic E-state index is 13.0. The average Bonchev–Trinajstić information content (AvgIpc) is 3.29. The number of nitrogens with one attached hydrogen (secondary N) is 2. The fourth-order valence-electron chi connectivity index (χ4n) is 3.32. The van der Waals surface area contributed by atoms with Crippen molar-refractivity contribution in [2.24, 2.45) is 0 Å². The smallest absolute Gasteiger partial charge is 0.256 e. The summed E-state index contributed by atoms with van der Waals surface area (Å²) in [4.78, 5) is 28.6. The van der Waals surface area contributed by atoms with Crippen molar-refractivity contribution in [3.8, 4) is 0 Å². The number of amides is 2. The van der Waals surface area contributed by atoms with E-state index >= 15 is 0 Å². The molecule has 0 radical (unpaired) electrons. The third kappa shape index (κ3) is 4.79. The second-order valence-electron chi connectivity index (χ2n) is 7.15. The first kappa shape index (κ1) is 21.1. The van der Waals surface area contributed by atoms with Crippen LogP contribution in [0.2, 0.25) is 0 Å². The Bertz CT molecular complexity index is 1260. The largest absolute Gasteiger partial charge is 0.345 e. The Morgan fingerprint density at radius 3 is 2.53 bits per heavy atom. The molecule has 4 rings (SSSR count). The van der Waals surface area contributed by atoms with Gasteiger partial charge < -0.3 is 9.84 Å². The van der Waals surface area contributed by atoms with Gasteiger partial charge in [-0.25, -0.2) is 9.87 Å². The van der Waals surface area contributed by atoms with E-state index in [4.69, 9.17) is 4.52 Å². The summed E-state index contributed by atoms with van der Waals surface area (Å²) < 4.78 is 18.2. The van der Waals surface area contributed by atoms with E-state index in [9.17, 15) is 19.2 Å². The summed E-state index contributed by atoms with van der Waals surface area (Å²) >= 11 is 0. The van der Waals surface area contributed by atoms with Crippen LogP contribution in [-0.2, 0) is 17.8 Å². The third-order valence-electron chi connectivity index (χ3n) is 4.98. The molecule has 0 spiro atoms. The van der Waals surface area contributed by atoms with E-state index in [2.05, 4.69) is 15.5 Å². The van der Waals surface area contributed by atoms with Crippen LogP contribution in [0.15, 0.2) is 71.3 Å². The molecule has 9 heteroatoms. The molecule has 0 saturated carbocycles. The minimum absolute atomic E-state index is 0.00994. The van der Waals surface area contributed by atoms with Crippen LogP contribution in [-0.4, -0.2) is 27.2 Å². The van der Waals surface area contributed by atoms with Gasteiger partial charge in [0, 0.05) is 5.56 Å². The van der Waals surface area contributed by atoms with Gasteiger partial charge in [0.1, 0.15) is 11.7 Å². The molecule has 1 heterocycles. The lowest BCUT2D eigenvalue weighted by molar-refractivity contribution is -0.131. The lowest BCUT2D eigenvalue weighted by atomic mass is 9.96. The topological polar surface area (TPSA) is 117 Å². The molecule has 1 aromatic heterocycles. The quantitative estimate of drug-likeness (QED) is 0.304. The molecular formula is C23H19FN4O4. The van der Waals surface area contributed by atoms with Crippen molar-refractivity contribution in [3.63, 3.8) is 0 Å². The maximum Gasteiger partial charge on any atom is 0.256 e. The molecule has 0 aliphatic heterocycles. The standard InChI is InChI=1S/C23H19FN4O4/c24-18-9-7-16(8-10-18)21(29)25-13-20-26-23(32-28-20)19(22(30)27-31)12-14-5-6-15-3-1-2-4-17(15)11-14/h1-11,19,31H,12-13H2,(H,25,29)(H,27,30). The number of benzene rings is 3. The van der Waals surface area contributed by atoms with Crippen molar-refractivity contribution in [3.05, 3.63) is 95.4 Å². The van der Waals surface area contributed by atoms with Gasteiger partial charge in [-0.15, -0.1) is 0 Å². The fourth-order valence-corrected chi connectivity index (χ4v) is 3.32. The number of carbonyl (C=O) groups is 2. The van der Waals surface area contributed by atoms with Gasteiger partial charge in [-0.05, 0) is 47.0 Å². The number of nitrogens with zero attached hydrogens (tertiary/aromatic N) is 2. The number of halogens is 1. The summed E-state index contributed by atoms with van der Waals surface area (Å²) in [5, 5.41) is 17.7. The molecular weight excluding hydrogens is 415 g/mol. The van der Waals surface area contributed by atoms with E-state index in [0.717, 1.165) is 16.3 Å². The molecule has 0 fully saturated rings. The molecule has 1 unspecified atom stereocenters. The zero-order chi connectivity index (χ0) is 22.5. The van der Waals surface area contributed by atoms with Gasteiger partial charge in [0.15, 0.2) is 5.82 Å². The highest BCUT2D eigenvalue weighted by Crippen LogP contribution is 2.23. The molecule has 3 N–H and O–H groups in total. The summed E-state index contributed by atoms with van der Waals surface area (Å²) in [6, 6.07) is 18.7. The first-order chi connectivity index (χ1) is 15.5. The number of aromatic nitrogens is 2. The van der Waals surface area contributed by atoms with Gasteiger partial charge in [-0.2, -0.15) is 4.98 Å². The van der Waals surface area contributed by atoms with Crippen molar-refractivity contribution in [1.82, 2.24) is 20.9 Å². The fraction of sp³-hybridized carbons (Fsp3) is 0.130. The van der Waals surface area contributed by atoms with Gasteiger partial charge in [0.25, 0.3) is 11.8 Å². The Labute approximate surface area is 182 Å². The normalized spacial score (nSPS) is 11.8. The van der Waals surface area contributed by atoms with Crippen LogP contribution < -0.4 is 10.8 Å². The zero-order valence-electron chi connectivity index (χ0n) is 16.8. The van der Waals surface area contributed by atoms with E-state index in [-0.39, 0.29) is 30.2 Å². The highest BCUT2D eigenvalue weighted by atomic mass is 19.1. The molecule has 1 atom stereocenters. The molecule has 8 nitrogen and oxygen atoms in total. The Morgan fingerprint density at radius 2 is 1.78 bits per heavy atom. The van der Waals surface area contributed by atoms with Crippen LogP contribution in [0.4, 0.5) is 4.39 Å². The zero-order valence-corrected chi connectivity index (χ0v) is 16.8. The second-order valence-corrected chi connectivity index (χ2v) is 7.15. The molecule has 0 saturated heterocycles. The van der Waals surface area contributed by atoms with Gasteiger partial charge >= 0.3 is 0 Å². The Hall–Kier alpha value is -4.11. The minimum Gasteiger partial charge on any atom is -0.345 e. The molecule has 32 heavy (non-hydrogen) atoms. The number of rotatable bonds is 7. The number of carbonyl (C=O) groups excluding carboxylic acids is 2. The van der Waals surface area contributed by atoms with Crippen molar-refractivity contribution in [2.75, 3.05) is 0 Å². The number of hydrogen-bond donors (Lipinski definition) is 3. The molecule has 0 aliphatic carbocycles. The summed E-state index contributed by atoms with van der Waals surface area (Å²) in [5.74, 6) is -2.32. The first-order valence-electron chi connectivity index (χ1n) is 9.81. The van der Waals surface area contributed by atoms with Crippen LogP contribution in [0.25, 0.3) is 10.8 Å². The highest BCUT2D eigenvalue weighted by molar-refractivity contribution is 5.94. The maximum atomic E-state index is 13.0. The van der Waals surface area contributed by atoms with Crippen LogP contribution in [0.5, 0.6) is 0 Å². The third-order valence-corrected chi connectivity index (χ3v) is 4.98. The van der Waals surface area contributed by atoms with Crippen LogP contribution in [0.3, 0.4) is 0 Å². The highest BCUT2D eigenvalue weighted by Gasteiger charge is 2.27. The number of hydroxylamine groups is 1. The monoisotopic (exact) mass is 434 g/mol. The van der Waals surface area contributed by atoms with Gasteiger partial charge in [0.2, 0.25) is 5.89 Å². The minimum atomic E-state index is -0.921. The predicted octanol–water partition coefficient (Wildman–Crippen LogP) is 3.12. The van der Waals surface area contributed by atoms with Gasteiger partial charge in [0.05, 0.1) is 6.54 Å². The van der Waals surface area contributed by atoms with Crippen LogP contribution in [0, 0.1) is 5.82 Å².